The molecule has 26 heavy (non-hydrogen) atoms. The molecule has 0 radical (unpaired) electrons. The quantitative estimate of drug-likeness (QED) is 0.207. The van der Waals surface area contributed by atoms with Gasteiger partial charge in [-0.1, -0.05) is 48.5 Å². The minimum Gasteiger partial charge on any atom is -0.466 e. The van der Waals surface area contributed by atoms with Crippen LogP contribution in [0, 0.1) is 10.1 Å². The lowest BCUT2D eigenvalue weighted by Gasteiger charge is -2.09. The monoisotopic (exact) mass is 349 g/mol. The largest absolute Gasteiger partial charge is 0.466 e. The number of hydrogen-bond acceptors (Lipinski definition) is 4. The van der Waals surface area contributed by atoms with Crippen molar-refractivity contribution in [1.82, 2.24) is 0 Å². The molecule has 5 heteroatoms. The maximum atomic E-state index is 11.5. The second-order valence-electron chi connectivity index (χ2n) is 6.07. The normalized spacial score (nSPS) is 11.7. The van der Waals surface area contributed by atoms with E-state index in [2.05, 4.69) is 6.07 Å². The first-order valence-corrected chi connectivity index (χ1v) is 8.45. The molecule has 3 rings (SSSR count). The molecule has 3 aromatic carbocycles. The summed E-state index contributed by atoms with van der Waals surface area (Å²) in [5.74, 6) is -0.378. The summed E-state index contributed by atoms with van der Waals surface area (Å²) >= 11 is 0. The molecule has 0 saturated heterocycles. The number of fused-ring (bicyclic) bond motifs is 2. The van der Waals surface area contributed by atoms with E-state index >= 15 is 0 Å². The number of carbonyl (C=O) groups is 1. The minimum absolute atomic E-state index is 0.110. The molecule has 0 amide bonds. The van der Waals surface area contributed by atoms with Gasteiger partial charge in [-0.25, -0.2) is 0 Å². The zero-order chi connectivity index (χ0) is 18.5. The molecule has 3 aromatic rings. The highest BCUT2D eigenvalue weighted by atomic mass is 16.6. The van der Waals surface area contributed by atoms with Gasteiger partial charge in [-0.3, -0.25) is 14.9 Å². The average Bonchev–Trinajstić information content (AvgIpc) is 2.63. The summed E-state index contributed by atoms with van der Waals surface area (Å²) in [6.07, 6.45) is 2.30. The van der Waals surface area contributed by atoms with Gasteiger partial charge in [0.15, 0.2) is 0 Å². The number of carbonyl (C=O) groups excluding carboxylic acids is 1. The number of nitro groups is 1. The Balaban J connectivity index is 2.06. The van der Waals surface area contributed by atoms with E-state index in [1.807, 2.05) is 48.5 Å². The van der Waals surface area contributed by atoms with Crippen LogP contribution in [-0.4, -0.2) is 17.5 Å². The van der Waals surface area contributed by atoms with E-state index in [-0.39, 0.29) is 29.6 Å². The second-order valence-corrected chi connectivity index (χ2v) is 6.07. The van der Waals surface area contributed by atoms with E-state index < -0.39 is 0 Å². The van der Waals surface area contributed by atoms with E-state index in [1.165, 1.54) is 6.92 Å². The lowest BCUT2D eigenvalue weighted by Crippen LogP contribution is -2.04. The summed E-state index contributed by atoms with van der Waals surface area (Å²) < 4.78 is 4.87. The number of hydrogen-bond donors (Lipinski definition) is 0. The Morgan fingerprint density at radius 1 is 1.08 bits per heavy atom. The fraction of sp³-hybridized carbons (Fsp3) is 0.190. The highest BCUT2D eigenvalue weighted by Gasteiger charge is 2.14. The Morgan fingerprint density at radius 2 is 1.65 bits per heavy atom. The molecule has 0 unspecified atom stereocenters. The van der Waals surface area contributed by atoms with E-state index in [0.717, 1.165) is 27.1 Å². The van der Waals surface area contributed by atoms with Crippen molar-refractivity contribution in [1.29, 1.82) is 0 Å². The van der Waals surface area contributed by atoms with Crippen molar-refractivity contribution in [3.8, 4) is 0 Å². The standard InChI is InChI=1S/C21H19NO4/c1-15(23)26-12-6-9-18(22(24)25)14-21-19-10-4-2-7-16(19)13-17-8-3-5-11-20(17)21/h2-5,7-8,10-11,13-14H,6,9,12H2,1H3/b18-14-. The number of ether oxygens (including phenoxy) is 1. The number of allylic oxidation sites excluding steroid dienone is 1. The van der Waals surface area contributed by atoms with Gasteiger partial charge in [-0.2, -0.15) is 0 Å². The van der Waals surface area contributed by atoms with Crippen LogP contribution in [-0.2, 0) is 9.53 Å². The number of benzene rings is 3. The first-order valence-electron chi connectivity index (χ1n) is 8.45. The molecule has 5 nitrogen and oxygen atoms in total. The van der Waals surface area contributed by atoms with E-state index in [4.69, 9.17) is 4.74 Å². The lowest BCUT2D eigenvalue weighted by molar-refractivity contribution is -0.426. The van der Waals surface area contributed by atoms with Crippen LogP contribution in [0.3, 0.4) is 0 Å². The Labute approximate surface area is 151 Å². The van der Waals surface area contributed by atoms with Crippen molar-refractivity contribution in [2.45, 2.75) is 19.8 Å². The highest BCUT2D eigenvalue weighted by molar-refractivity contribution is 6.06. The van der Waals surface area contributed by atoms with Crippen LogP contribution in [0.4, 0.5) is 0 Å². The summed E-state index contributed by atoms with van der Waals surface area (Å²) in [5, 5.41) is 15.6. The van der Waals surface area contributed by atoms with Gasteiger partial charge in [0.2, 0.25) is 5.70 Å². The number of rotatable bonds is 6. The van der Waals surface area contributed by atoms with Gasteiger partial charge in [0.1, 0.15) is 0 Å². The fourth-order valence-electron chi connectivity index (χ4n) is 3.06. The molecule has 0 aromatic heterocycles. The third-order valence-electron chi connectivity index (χ3n) is 4.24. The topological polar surface area (TPSA) is 69.4 Å². The van der Waals surface area contributed by atoms with E-state index in [0.29, 0.717) is 6.42 Å². The molecule has 0 spiro atoms. The van der Waals surface area contributed by atoms with Crippen molar-refractivity contribution in [2.24, 2.45) is 0 Å². The third-order valence-corrected chi connectivity index (χ3v) is 4.24. The molecule has 0 aliphatic heterocycles. The Morgan fingerprint density at radius 3 is 2.19 bits per heavy atom. The third kappa shape index (κ3) is 3.88. The van der Waals surface area contributed by atoms with Gasteiger partial charge in [0.25, 0.3) is 0 Å². The smallest absolute Gasteiger partial charge is 0.302 e. The molecule has 0 N–H and O–H groups in total. The van der Waals surface area contributed by atoms with Crippen molar-refractivity contribution >= 4 is 33.6 Å². The lowest BCUT2D eigenvalue weighted by atomic mass is 9.96. The van der Waals surface area contributed by atoms with Crippen LogP contribution in [0.1, 0.15) is 25.3 Å². The predicted molar refractivity (Wildman–Crippen MR) is 102 cm³/mol. The van der Waals surface area contributed by atoms with E-state index in [9.17, 15) is 14.9 Å². The van der Waals surface area contributed by atoms with Crippen molar-refractivity contribution < 1.29 is 14.5 Å². The summed E-state index contributed by atoms with van der Waals surface area (Å²) in [7, 11) is 0. The van der Waals surface area contributed by atoms with Gasteiger partial charge >= 0.3 is 5.97 Å². The van der Waals surface area contributed by atoms with E-state index in [1.54, 1.807) is 6.08 Å². The molecule has 0 atom stereocenters. The van der Waals surface area contributed by atoms with Crippen LogP contribution in [0.25, 0.3) is 27.6 Å². The SMILES string of the molecule is CC(=O)OCCC/C(=C/c1c2ccccc2cc2ccccc12)[N+](=O)[O-]. The maximum absolute atomic E-state index is 11.5. The summed E-state index contributed by atoms with van der Waals surface area (Å²) in [6.45, 7) is 1.50. The zero-order valence-electron chi connectivity index (χ0n) is 14.5. The van der Waals surface area contributed by atoms with Crippen molar-refractivity contribution in [2.75, 3.05) is 6.61 Å². The van der Waals surface area contributed by atoms with Gasteiger partial charge in [0, 0.05) is 19.4 Å². The van der Waals surface area contributed by atoms with Gasteiger partial charge in [0.05, 0.1) is 11.5 Å². The molecule has 0 saturated carbocycles. The van der Waals surface area contributed by atoms with Gasteiger partial charge in [-0.05, 0) is 39.6 Å². The van der Waals surface area contributed by atoms with Crippen LogP contribution in [0.2, 0.25) is 0 Å². The Kier molecular flexibility index (Phi) is 5.27. The summed E-state index contributed by atoms with van der Waals surface area (Å²) in [5.41, 5.74) is 0.955. The van der Waals surface area contributed by atoms with Crippen LogP contribution < -0.4 is 0 Å². The summed E-state index contributed by atoms with van der Waals surface area (Å²) in [6, 6.07) is 17.8. The first kappa shape index (κ1) is 17.6. The van der Waals surface area contributed by atoms with Crippen LogP contribution in [0.5, 0.6) is 0 Å². The highest BCUT2D eigenvalue weighted by Crippen LogP contribution is 2.30. The molecule has 0 fully saturated rings. The molecular weight excluding hydrogens is 330 g/mol. The molecule has 0 bridgehead atoms. The molecule has 0 aliphatic rings. The van der Waals surface area contributed by atoms with Crippen LogP contribution in [0.15, 0.2) is 60.3 Å². The zero-order valence-corrected chi connectivity index (χ0v) is 14.5. The Bertz CT molecular complexity index is 953. The molecule has 0 aliphatic carbocycles. The molecule has 132 valence electrons. The second kappa shape index (κ2) is 7.78. The first-order chi connectivity index (χ1) is 12.6. The van der Waals surface area contributed by atoms with Crippen molar-refractivity contribution in [3.63, 3.8) is 0 Å². The minimum atomic E-state index is -0.378. The number of nitrogens with zero attached hydrogens (tertiary/aromatic N) is 1. The molecule has 0 heterocycles. The van der Waals surface area contributed by atoms with Gasteiger partial charge < -0.3 is 4.74 Å². The molecular formula is C21H19NO4. The summed E-state index contributed by atoms with van der Waals surface area (Å²) in [4.78, 5) is 22.0. The van der Waals surface area contributed by atoms with Crippen molar-refractivity contribution in [3.05, 3.63) is 76.0 Å². The predicted octanol–water partition coefficient (Wildman–Crippen LogP) is 4.95. The number of esters is 1. The average molecular weight is 349 g/mol. The van der Waals surface area contributed by atoms with Gasteiger partial charge in [-0.15, -0.1) is 0 Å². The van der Waals surface area contributed by atoms with Crippen LogP contribution >= 0.6 is 0 Å². The maximum Gasteiger partial charge on any atom is 0.302 e. The fourth-order valence-corrected chi connectivity index (χ4v) is 3.06. The Hall–Kier alpha value is -3.21.